The van der Waals surface area contributed by atoms with E-state index in [2.05, 4.69) is 0 Å². The molecule has 0 aromatic heterocycles. The van der Waals surface area contributed by atoms with Crippen LogP contribution < -0.4 is 5.73 Å². The number of nitrogens with two attached hydrogens (primary N) is 1. The van der Waals surface area contributed by atoms with Crippen molar-refractivity contribution in [3.63, 3.8) is 0 Å². The molecular weight excluding hydrogens is 281 g/mol. The Labute approximate surface area is 122 Å². The Balaban J connectivity index is 2.20. The lowest BCUT2D eigenvalue weighted by atomic mass is 9.99. The van der Waals surface area contributed by atoms with E-state index in [1.165, 1.54) is 6.07 Å². The highest BCUT2D eigenvalue weighted by atomic mass is 35.5. The van der Waals surface area contributed by atoms with E-state index in [0.717, 1.165) is 16.0 Å². The smallest absolute Gasteiger partial charge is 0.142 e. The molecule has 1 nitrogen and oxygen atoms in total. The topological polar surface area (TPSA) is 26.0 Å². The molecule has 0 spiro atoms. The van der Waals surface area contributed by atoms with E-state index in [9.17, 15) is 4.39 Å². The Bertz CT molecular complexity index is 574. The maximum atomic E-state index is 13.4. The predicted molar refractivity (Wildman–Crippen MR) is 80.3 cm³/mol. The molecule has 0 bridgehead atoms. The summed E-state index contributed by atoms with van der Waals surface area (Å²) in [6.45, 7) is 0. The number of hydrogen-bond acceptors (Lipinski definition) is 2. The van der Waals surface area contributed by atoms with E-state index < -0.39 is 5.82 Å². The van der Waals surface area contributed by atoms with Gasteiger partial charge in [0, 0.05) is 10.9 Å². The zero-order valence-corrected chi connectivity index (χ0v) is 12.1. The average Bonchev–Trinajstić information content (AvgIpc) is 2.43. The highest BCUT2D eigenvalue weighted by Crippen LogP contribution is 2.27. The van der Waals surface area contributed by atoms with Crippen LogP contribution in [0.5, 0.6) is 0 Å². The van der Waals surface area contributed by atoms with E-state index in [0.29, 0.717) is 6.42 Å². The maximum absolute atomic E-state index is 13.4. The minimum absolute atomic E-state index is 0.141. The molecule has 1 unspecified atom stereocenters. The minimum Gasteiger partial charge on any atom is -0.324 e. The number of halogens is 2. The van der Waals surface area contributed by atoms with Gasteiger partial charge in [-0.1, -0.05) is 35.9 Å². The lowest BCUT2D eigenvalue weighted by Crippen LogP contribution is -2.14. The van der Waals surface area contributed by atoms with Gasteiger partial charge in [-0.3, -0.25) is 0 Å². The summed E-state index contributed by atoms with van der Waals surface area (Å²) >= 11 is 7.34. The third-order valence-electron chi connectivity index (χ3n) is 2.98. The molecule has 0 fully saturated rings. The van der Waals surface area contributed by atoms with Crippen molar-refractivity contribution in [2.24, 2.45) is 5.73 Å². The van der Waals surface area contributed by atoms with Gasteiger partial charge in [0.15, 0.2) is 0 Å². The second-order valence-corrected chi connectivity index (χ2v) is 5.56. The number of thioether (sulfide) groups is 1. The van der Waals surface area contributed by atoms with Crippen molar-refractivity contribution in [3.8, 4) is 0 Å². The maximum Gasteiger partial charge on any atom is 0.142 e. The number of benzene rings is 2. The Morgan fingerprint density at radius 3 is 2.68 bits per heavy atom. The van der Waals surface area contributed by atoms with Gasteiger partial charge in [-0.25, -0.2) is 4.39 Å². The first-order chi connectivity index (χ1) is 9.11. The fourth-order valence-electron chi connectivity index (χ4n) is 2.00. The van der Waals surface area contributed by atoms with Gasteiger partial charge < -0.3 is 5.73 Å². The summed E-state index contributed by atoms with van der Waals surface area (Å²) in [5.74, 6) is -0.399. The SMILES string of the molecule is CSc1ccccc1C(N)Cc1ccc(Cl)c(F)c1. The molecule has 2 aromatic rings. The number of rotatable bonds is 4. The Morgan fingerprint density at radius 1 is 1.26 bits per heavy atom. The normalized spacial score (nSPS) is 12.4. The summed E-state index contributed by atoms with van der Waals surface area (Å²) in [5, 5.41) is 0.141. The van der Waals surface area contributed by atoms with Crippen LogP contribution in [-0.4, -0.2) is 6.26 Å². The van der Waals surface area contributed by atoms with Crippen molar-refractivity contribution in [2.45, 2.75) is 17.4 Å². The largest absolute Gasteiger partial charge is 0.324 e. The monoisotopic (exact) mass is 295 g/mol. The summed E-state index contributed by atoms with van der Waals surface area (Å²) in [4.78, 5) is 1.16. The quantitative estimate of drug-likeness (QED) is 0.844. The van der Waals surface area contributed by atoms with E-state index in [4.69, 9.17) is 17.3 Å². The standard InChI is InChI=1S/C15H15ClFNS/c1-19-15-5-3-2-4-11(15)14(18)9-10-6-7-12(16)13(17)8-10/h2-8,14H,9,18H2,1H3. The fourth-order valence-corrected chi connectivity index (χ4v) is 2.79. The second kappa shape index (κ2) is 6.42. The highest BCUT2D eigenvalue weighted by molar-refractivity contribution is 7.98. The fraction of sp³-hybridized carbons (Fsp3) is 0.200. The molecular formula is C15H15ClFNS. The predicted octanol–water partition coefficient (Wildman–Crippen LogP) is 4.44. The third-order valence-corrected chi connectivity index (χ3v) is 4.10. The van der Waals surface area contributed by atoms with Crippen LogP contribution in [0.2, 0.25) is 5.02 Å². The molecule has 4 heteroatoms. The molecule has 2 N–H and O–H groups in total. The van der Waals surface area contributed by atoms with Gasteiger partial charge in [-0.15, -0.1) is 11.8 Å². The zero-order chi connectivity index (χ0) is 13.8. The van der Waals surface area contributed by atoms with Crippen LogP contribution in [0, 0.1) is 5.82 Å². The summed E-state index contributed by atoms with van der Waals surface area (Å²) in [7, 11) is 0. The van der Waals surface area contributed by atoms with Crippen molar-refractivity contribution >= 4 is 23.4 Å². The van der Waals surface area contributed by atoms with Crippen LogP contribution in [0.3, 0.4) is 0 Å². The van der Waals surface area contributed by atoms with Gasteiger partial charge in [0.2, 0.25) is 0 Å². The summed E-state index contributed by atoms with van der Waals surface area (Å²) in [6, 6.07) is 12.7. The van der Waals surface area contributed by atoms with Crippen molar-refractivity contribution < 1.29 is 4.39 Å². The van der Waals surface area contributed by atoms with Crippen molar-refractivity contribution in [2.75, 3.05) is 6.26 Å². The van der Waals surface area contributed by atoms with Gasteiger partial charge in [-0.2, -0.15) is 0 Å². The first-order valence-corrected chi connectivity index (χ1v) is 7.54. The van der Waals surface area contributed by atoms with Crippen LogP contribution in [-0.2, 0) is 6.42 Å². The van der Waals surface area contributed by atoms with Crippen molar-refractivity contribution in [3.05, 3.63) is 64.4 Å². The highest BCUT2D eigenvalue weighted by Gasteiger charge is 2.12. The lowest BCUT2D eigenvalue weighted by Gasteiger charge is -2.15. The molecule has 0 aliphatic carbocycles. The Kier molecular flexibility index (Phi) is 4.86. The average molecular weight is 296 g/mol. The molecule has 0 saturated carbocycles. The summed E-state index contributed by atoms with van der Waals surface area (Å²) in [5.41, 5.74) is 8.16. The van der Waals surface area contributed by atoms with Crippen LogP contribution in [0.1, 0.15) is 17.2 Å². The van der Waals surface area contributed by atoms with Gasteiger partial charge in [0.1, 0.15) is 5.82 Å². The Morgan fingerprint density at radius 2 is 2.00 bits per heavy atom. The van der Waals surface area contributed by atoms with Crippen LogP contribution in [0.25, 0.3) is 0 Å². The number of hydrogen-bond donors (Lipinski definition) is 1. The lowest BCUT2D eigenvalue weighted by molar-refractivity contribution is 0.622. The van der Waals surface area contributed by atoms with Crippen LogP contribution in [0.4, 0.5) is 4.39 Å². The van der Waals surface area contributed by atoms with Gasteiger partial charge in [-0.05, 0) is 42.0 Å². The second-order valence-electron chi connectivity index (χ2n) is 4.30. The molecule has 1 atom stereocenters. The van der Waals surface area contributed by atoms with Gasteiger partial charge >= 0.3 is 0 Å². The molecule has 0 aliphatic rings. The third kappa shape index (κ3) is 3.50. The van der Waals surface area contributed by atoms with Crippen LogP contribution >= 0.6 is 23.4 Å². The van der Waals surface area contributed by atoms with Crippen LogP contribution in [0.15, 0.2) is 47.4 Å². The van der Waals surface area contributed by atoms with E-state index in [1.807, 2.05) is 36.6 Å². The minimum atomic E-state index is -0.399. The van der Waals surface area contributed by atoms with Crippen molar-refractivity contribution in [1.82, 2.24) is 0 Å². The van der Waals surface area contributed by atoms with E-state index in [1.54, 1.807) is 17.8 Å². The molecule has 19 heavy (non-hydrogen) atoms. The molecule has 0 aliphatic heterocycles. The first-order valence-electron chi connectivity index (χ1n) is 5.94. The molecule has 0 heterocycles. The molecule has 0 saturated heterocycles. The van der Waals surface area contributed by atoms with Gasteiger partial charge in [0.05, 0.1) is 5.02 Å². The summed E-state index contributed by atoms with van der Waals surface area (Å²) < 4.78 is 13.4. The molecule has 2 aromatic carbocycles. The Hall–Kier alpha value is -1.03. The van der Waals surface area contributed by atoms with Gasteiger partial charge in [0.25, 0.3) is 0 Å². The molecule has 2 rings (SSSR count). The molecule has 0 radical (unpaired) electrons. The van der Waals surface area contributed by atoms with E-state index >= 15 is 0 Å². The first kappa shape index (κ1) is 14.4. The van der Waals surface area contributed by atoms with Crippen molar-refractivity contribution in [1.29, 1.82) is 0 Å². The molecule has 0 amide bonds. The molecule has 100 valence electrons. The summed E-state index contributed by atoms with van der Waals surface area (Å²) in [6.07, 6.45) is 2.61. The zero-order valence-electron chi connectivity index (χ0n) is 10.6. The van der Waals surface area contributed by atoms with E-state index in [-0.39, 0.29) is 11.1 Å².